The maximum atomic E-state index is 12.1. The van der Waals surface area contributed by atoms with Gasteiger partial charge in [0, 0.05) is 18.5 Å². The summed E-state index contributed by atoms with van der Waals surface area (Å²) in [5.41, 5.74) is 7.18. The average Bonchev–Trinajstić information content (AvgIpc) is 3.19. The van der Waals surface area contributed by atoms with E-state index in [1.54, 1.807) is 0 Å². The number of carbonyl (C=O) groups excluding carboxylic acids is 1. The molecule has 2 aliphatic carbocycles. The van der Waals surface area contributed by atoms with E-state index in [4.69, 9.17) is 5.73 Å². The first-order valence-electron chi connectivity index (χ1n) is 7.35. The molecule has 110 valence electrons. The minimum atomic E-state index is -0.106. The van der Waals surface area contributed by atoms with Crippen molar-refractivity contribution in [1.29, 1.82) is 0 Å². The molecule has 0 spiro atoms. The zero-order valence-electron chi connectivity index (χ0n) is 11.6. The van der Waals surface area contributed by atoms with Crippen molar-refractivity contribution >= 4 is 18.3 Å². The molecule has 0 aliphatic heterocycles. The molecule has 3 atom stereocenters. The fourth-order valence-corrected chi connectivity index (χ4v) is 3.53. The number of nitrogens with one attached hydrogen (secondary N) is 1. The van der Waals surface area contributed by atoms with Gasteiger partial charge in [-0.1, -0.05) is 43.2 Å². The summed E-state index contributed by atoms with van der Waals surface area (Å²) in [4.78, 5) is 12.1. The van der Waals surface area contributed by atoms with Crippen LogP contribution in [0.2, 0.25) is 0 Å². The van der Waals surface area contributed by atoms with Gasteiger partial charge in [0.1, 0.15) is 0 Å². The third-order valence-corrected chi connectivity index (χ3v) is 4.68. The maximum Gasteiger partial charge on any atom is 0.223 e. The van der Waals surface area contributed by atoms with Gasteiger partial charge in [0.05, 0.1) is 0 Å². The number of rotatable bonds is 4. The summed E-state index contributed by atoms with van der Waals surface area (Å²) in [5, 5.41) is 3.04. The number of nitrogens with two attached hydrogens (primary N) is 1. The predicted octanol–water partition coefficient (Wildman–Crippen LogP) is 2.66. The van der Waals surface area contributed by atoms with Gasteiger partial charge in [-0.05, 0) is 30.2 Å². The molecular weight excluding hydrogens is 272 g/mol. The second-order valence-corrected chi connectivity index (χ2v) is 5.90. The number of hydrogen-bond donors (Lipinski definition) is 2. The summed E-state index contributed by atoms with van der Waals surface area (Å²) >= 11 is 0. The monoisotopic (exact) mass is 294 g/mol. The van der Waals surface area contributed by atoms with E-state index in [2.05, 4.69) is 5.32 Å². The highest BCUT2D eigenvalue weighted by molar-refractivity contribution is 5.85. The Kier molecular flexibility index (Phi) is 5.06. The van der Waals surface area contributed by atoms with Crippen molar-refractivity contribution in [3.8, 4) is 0 Å². The van der Waals surface area contributed by atoms with Gasteiger partial charge in [0.2, 0.25) is 5.91 Å². The Morgan fingerprint density at radius 3 is 2.40 bits per heavy atom. The van der Waals surface area contributed by atoms with Crippen LogP contribution in [0.4, 0.5) is 0 Å². The number of halogens is 1. The van der Waals surface area contributed by atoms with Gasteiger partial charge in [-0.15, -0.1) is 12.4 Å². The van der Waals surface area contributed by atoms with Crippen molar-refractivity contribution in [3.63, 3.8) is 0 Å². The van der Waals surface area contributed by atoms with Gasteiger partial charge in [0.15, 0.2) is 0 Å². The Hall–Kier alpha value is -1.06. The van der Waals surface area contributed by atoms with Crippen molar-refractivity contribution in [1.82, 2.24) is 5.32 Å². The Morgan fingerprint density at radius 2 is 1.80 bits per heavy atom. The maximum absolute atomic E-state index is 12.1. The van der Waals surface area contributed by atoms with Crippen LogP contribution < -0.4 is 11.1 Å². The zero-order valence-corrected chi connectivity index (χ0v) is 12.4. The molecule has 1 aromatic rings. The third-order valence-electron chi connectivity index (χ3n) is 4.68. The zero-order chi connectivity index (χ0) is 13.2. The van der Waals surface area contributed by atoms with Crippen molar-refractivity contribution in [2.75, 3.05) is 6.54 Å². The summed E-state index contributed by atoms with van der Waals surface area (Å²) in [6.07, 6.45) is 5.09. The average molecular weight is 295 g/mol. The number of carbonyl (C=O) groups is 1. The smallest absolute Gasteiger partial charge is 0.223 e. The lowest BCUT2D eigenvalue weighted by Crippen LogP contribution is -2.33. The second kappa shape index (κ2) is 6.59. The molecule has 0 saturated heterocycles. The van der Waals surface area contributed by atoms with Crippen LogP contribution in [0, 0.1) is 17.8 Å². The molecule has 1 aromatic carbocycles. The van der Waals surface area contributed by atoms with Gasteiger partial charge < -0.3 is 11.1 Å². The molecule has 3 rings (SSSR count). The molecular formula is C16H23ClN2O. The van der Waals surface area contributed by atoms with Gasteiger partial charge in [0.25, 0.3) is 0 Å². The van der Waals surface area contributed by atoms with Crippen LogP contribution in [-0.2, 0) is 4.79 Å². The lowest BCUT2D eigenvalue weighted by Gasteiger charge is -2.13. The number of benzene rings is 1. The molecule has 3 N–H and O–H groups in total. The molecule has 20 heavy (non-hydrogen) atoms. The fraction of sp³-hybridized carbons (Fsp3) is 0.562. The van der Waals surface area contributed by atoms with Crippen molar-refractivity contribution in [2.24, 2.45) is 23.5 Å². The van der Waals surface area contributed by atoms with E-state index in [-0.39, 0.29) is 30.3 Å². The van der Waals surface area contributed by atoms with Crippen molar-refractivity contribution < 1.29 is 4.79 Å². The first-order chi connectivity index (χ1) is 9.27. The van der Waals surface area contributed by atoms with Crippen LogP contribution in [0.1, 0.15) is 37.3 Å². The Balaban J connectivity index is 0.00000147. The highest BCUT2D eigenvalue weighted by Crippen LogP contribution is 2.55. The molecule has 2 fully saturated rings. The largest absolute Gasteiger partial charge is 0.354 e. The van der Waals surface area contributed by atoms with E-state index >= 15 is 0 Å². The molecule has 0 radical (unpaired) electrons. The van der Waals surface area contributed by atoms with Crippen LogP contribution in [0.25, 0.3) is 0 Å². The number of amides is 1. The van der Waals surface area contributed by atoms with E-state index in [1.807, 2.05) is 30.3 Å². The summed E-state index contributed by atoms with van der Waals surface area (Å²) in [7, 11) is 0. The topological polar surface area (TPSA) is 55.1 Å². The van der Waals surface area contributed by atoms with Gasteiger partial charge >= 0.3 is 0 Å². The third kappa shape index (κ3) is 3.15. The molecule has 2 saturated carbocycles. The van der Waals surface area contributed by atoms with E-state index in [9.17, 15) is 4.79 Å². The highest BCUT2D eigenvalue weighted by atomic mass is 35.5. The Bertz CT molecular complexity index is 439. The van der Waals surface area contributed by atoms with E-state index in [0.29, 0.717) is 18.4 Å². The molecule has 4 heteroatoms. The minimum Gasteiger partial charge on any atom is -0.354 e. The summed E-state index contributed by atoms with van der Waals surface area (Å²) in [5.74, 6) is 1.84. The van der Waals surface area contributed by atoms with Gasteiger partial charge in [-0.3, -0.25) is 4.79 Å². The van der Waals surface area contributed by atoms with Crippen LogP contribution in [0.3, 0.4) is 0 Å². The number of hydrogen-bond acceptors (Lipinski definition) is 2. The first-order valence-corrected chi connectivity index (χ1v) is 7.35. The summed E-state index contributed by atoms with van der Waals surface area (Å²) < 4.78 is 0. The first kappa shape index (κ1) is 15.3. The highest BCUT2D eigenvalue weighted by Gasteiger charge is 2.54. The predicted molar refractivity (Wildman–Crippen MR) is 82.6 cm³/mol. The van der Waals surface area contributed by atoms with Crippen molar-refractivity contribution in [2.45, 2.75) is 31.7 Å². The fourth-order valence-electron chi connectivity index (χ4n) is 3.53. The van der Waals surface area contributed by atoms with Gasteiger partial charge in [-0.25, -0.2) is 0 Å². The molecule has 3 nitrogen and oxygen atoms in total. The van der Waals surface area contributed by atoms with Crippen LogP contribution in [0.15, 0.2) is 30.3 Å². The Morgan fingerprint density at radius 1 is 1.20 bits per heavy atom. The van der Waals surface area contributed by atoms with Crippen LogP contribution in [-0.4, -0.2) is 12.5 Å². The summed E-state index contributed by atoms with van der Waals surface area (Å²) in [6, 6.07) is 9.84. The van der Waals surface area contributed by atoms with Crippen LogP contribution in [0.5, 0.6) is 0 Å². The second-order valence-electron chi connectivity index (χ2n) is 5.90. The summed E-state index contributed by atoms with van der Waals surface area (Å²) in [6.45, 7) is 0.540. The van der Waals surface area contributed by atoms with E-state index in [1.165, 1.54) is 25.7 Å². The van der Waals surface area contributed by atoms with E-state index in [0.717, 1.165) is 5.56 Å². The minimum absolute atomic E-state index is 0. The SMILES string of the molecule is Cl.NC(CNC(=O)C1C2CCCCC21)c1ccccc1. The standard InChI is InChI=1S/C16H22N2O.ClH/c17-14(11-6-2-1-3-7-11)10-18-16(19)15-12-8-4-5-9-13(12)15;/h1-3,6-7,12-15H,4-5,8-10,17H2,(H,18,19);1H. The lowest BCUT2D eigenvalue weighted by molar-refractivity contribution is -0.122. The molecule has 0 bridgehead atoms. The molecule has 0 aromatic heterocycles. The van der Waals surface area contributed by atoms with Crippen LogP contribution >= 0.6 is 12.4 Å². The van der Waals surface area contributed by atoms with Gasteiger partial charge in [-0.2, -0.15) is 0 Å². The molecule has 1 amide bonds. The quantitative estimate of drug-likeness (QED) is 0.897. The Labute approximate surface area is 126 Å². The normalized spacial score (nSPS) is 28.8. The molecule has 0 heterocycles. The number of fused-ring (bicyclic) bond motifs is 1. The lowest BCUT2D eigenvalue weighted by atomic mass is 10.0. The van der Waals surface area contributed by atoms with Crippen molar-refractivity contribution in [3.05, 3.63) is 35.9 Å². The molecule has 3 unspecified atom stereocenters. The van der Waals surface area contributed by atoms with E-state index < -0.39 is 0 Å². The molecule has 2 aliphatic rings.